The normalized spacial score (nSPS) is 9.93. The third kappa shape index (κ3) is 2.52. The lowest BCUT2D eigenvalue weighted by molar-refractivity contribution is 0.0950. The molecule has 0 aromatic heterocycles. The Labute approximate surface area is 80.9 Å². The Hall–Kier alpha value is -1.45. The second kappa shape index (κ2) is 4.69. The van der Waals surface area contributed by atoms with Gasteiger partial charge in [0.1, 0.15) is 12.5 Å². The fourth-order valence-corrected chi connectivity index (χ4v) is 0.997. The molecule has 0 bridgehead atoms. The van der Waals surface area contributed by atoms with Crippen molar-refractivity contribution in [2.24, 2.45) is 0 Å². The quantitative estimate of drug-likeness (QED) is 0.790. The molecule has 76 valence electrons. The van der Waals surface area contributed by atoms with Crippen LogP contribution in [0.25, 0.3) is 0 Å². The van der Waals surface area contributed by atoms with Gasteiger partial charge in [0.2, 0.25) is 0 Å². The second-order valence-corrected chi connectivity index (χ2v) is 2.91. The lowest BCUT2D eigenvalue weighted by atomic mass is 10.1. The topological polar surface area (TPSA) is 29.1 Å². The molecule has 1 N–H and O–H groups in total. The number of rotatable bonds is 3. The van der Waals surface area contributed by atoms with Crippen LogP contribution >= 0.6 is 0 Å². The van der Waals surface area contributed by atoms with E-state index in [1.54, 1.807) is 6.92 Å². The largest absolute Gasteiger partial charge is 0.349 e. The average molecular weight is 199 g/mol. The number of halogens is 2. The second-order valence-electron chi connectivity index (χ2n) is 2.91. The number of aryl methyl sites for hydroxylation is 1. The van der Waals surface area contributed by atoms with E-state index in [0.29, 0.717) is 5.56 Å². The molecule has 1 amide bonds. The van der Waals surface area contributed by atoms with Gasteiger partial charge in [-0.05, 0) is 24.6 Å². The predicted octanol–water partition coefficient (Wildman–Crippen LogP) is 1.83. The minimum atomic E-state index is -0.625. The summed E-state index contributed by atoms with van der Waals surface area (Å²) in [6, 6.07) is 4.16. The third-order valence-corrected chi connectivity index (χ3v) is 1.81. The van der Waals surface area contributed by atoms with E-state index in [2.05, 4.69) is 5.32 Å². The number of carbonyl (C=O) groups is 1. The summed E-state index contributed by atoms with van der Waals surface area (Å²) < 4.78 is 24.7. The molecule has 1 aromatic carbocycles. The van der Waals surface area contributed by atoms with Crippen molar-refractivity contribution in [1.82, 2.24) is 5.32 Å². The van der Waals surface area contributed by atoms with Gasteiger partial charge in [-0.25, -0.2) is 8.78 Å². The van der Waals surface area contributed by atoms with E-state index in [0.717, 1.165) is 6.07 Å². The number of hydrogen-bond donors (Lipinski definition) is 1. The highest BCUT2D eigenvalue weighted by molar-refractivity contribution is 5.94. The van der Waals surface area contributed by atoms with Crippen molar-refractivity contribution in [2.45, 2.75) is 6.92 Å². The zero-order chi connectivity index (χ0) is 10.6. The van der Waals surface area contributed by atoms with Crippen molar-refractivity contribution in [1.29, 1.82) is 0 Å². The molecule has 0 spiro atoms. The molecular formula is C10H11F2NO. The summed E-state index contributed by atoms with van der Waals surface area (Å²) in [5.41, 5.74) is 0.689. The van der Waals surface area contributed by atoms with Gasteiger partial charge in [-0.15, -0.1) is 0 Å². The maximum absolute atomic E-state index is 13.0. The Balaban J connectivity index is 2.76. The number of amides is 1. The van der Waals surface area contributed by atoms with E-state index in [1.165, 1.54) is 12.1 Å². The Morgan fingerprint density at radius 1 is 1.50 bits per heavy atom. The number of alkyl halides is 1. The SMILES string of the molecule is Cc1ccc(C(=O)NCCF)cc1F. The van der Waals surface area contributed by atoms with Gasteiger partial charge in [-0.3, -0.25) is 4.79 Å². The molecular weight excluding hydrogens is 188 g/mol. The molecule has 4 heteroatoms. The van der Waals surface area contributed by atoms with Gasteiger partial charge in [-0.1, -0.05) is 6.07 Å². The smallest absolute Gasteiger partial charge is 0.251 e. The standard InChI is InChI=1S/C10H11F2NO/c1-7-2-3-8(6-9(7)12)10(14)13-5-4-11/h2-3,6H,4-5H2,1H3,(H,13,14). The molecule has 0 aliphatic rings. The first-order valence-corrected chi connectivity index (χ1v) is 4.25. The van der Waals surface area contributed by atoms with E-state index in [1.807, 2.05) is 0 Å². The molecule has 0 heterocycles. The maximum atomic E-state index is 13.0. The van der Waals surface area contributed by atoms with Gasteiger partial charge in [-0.2, -0.15) is 0 Å². The highest BCUT2D eigenvalue weighted by Gasteiger charge is 2.06. The van der Waals surface area contributed by atoms with Crippen LogP contribution in [0.15, 0.2) is 18.2 Å². The van der Waals surface area contributed by atoms with Crippen LogP contribution in [0.5, 0.6) is 0 Å². The highest BCUT2D eigenvalue weighted by atomic mass is 19.1. The van der Waals surface area contributed by atoms with E-state index < -0.39 is 18.4 Å². The Bertz CT molecular complexity index is 339. The van der Waals surface area contributed by atoms with Gasteiger partial charge in [0.05, 0.1) is 0 Å². The van der Waals surface area contributed by atoms with E-state index in [9.17, 15) is 13.6 Å². The summed E-state index contributed by atoms with van der Waals surface area (Å²) in [4.78, 5) is 11.2. The lowest BCUT2D eigenvalue weighted by Gasteiger charge is -2.03. The molecule has 1 rings (SSSR count). The molecule has 0 saturated heterocycles. The summed E-state index contributed by atoms with van der Waals surface area (Å²) in [6.45, 7) is 0.937. The zero-order valence-corrected chi connectivity index (χ0v) is 7.81. The Morgan fingerprint density at radius 2 is 2.21 bits per heavy atom. The van der Waals surface area contributed by atoms with Crippen LogP contribution in [0.2, 0.25) is 0 Å². The van der Waals surface area contributed by atoms with Crippen LogP contribution in [-0.2, 0) is 0 Å². The van der Waals surface area contributed by atoms with Crippen molar-refractivity contribution >= 4 is 5.91 Å². The summed E-state index contributed by atoms with van der Waals surface area (Å²) in [7, 11) is 0. The van der Waals surface area contributed by atoms with Crippen molar-refractivity contribution in [3.8, 4) is 0 Å². The highest BCUT2D eigenvalue weighted by Crippen LogP contribution is 2.08. The summed E-state index contributed by atoms with van der Waals surface area (Å²) in [5, 5.41) is 2.31. The number of nitrogens with one attached hydrogen (secondary N) is 1. The molecule has 0 radical (unpaired) electrons. The molecule has 0 saturated carbocycles. The molecule has 2 nitrogen and oxygen atoms in total. The third-order valence-electron chi connectivity index (χ3n) is 1.81. The van der Waals surface area contributed by atoms with E-state index >= 15 is 0 Å². The average Bonchev–Trinajstić information content (AvgIpc) is 2.18. The van der Waals surface area contributed by atoms with Crippen LogP contribution in [0.3, 0.4) is 0 Å². The summed E-state index contributed by atoms with van der Waals surface area (Å²) in [5.74, 6) is -0.889. The predicted molar refractivity (Wildman–Crippen MR) is 49.4 cm³/mol. The molecule has 0 unspecified atom stereocenters. The fraction of sp³-hybridized carbons (Fsp3) is 0.300. The number of carbonyl (C=O) groups excluding carboxylic acids is 1. The van der Waals surface area contributed by atoms with E-state index in [-0.39, 0.29) is 12.1 Å². The Kier molecular flexibility index (Phi) is 3.56. The first-order chi connectivity index (χ1) is 6.65. The van der Waals surface area contributed by atoms with Crippen molar-refractivity contribution in [3.05, 3.63) is 35.1 Å². The molecule has 1 aromatic rings. The monoisotopic (exact) mass is 199 g/mol. The van der Waals surface area contributed by atoms with Crippen LogP contribution in [0, 0.1) is 12.7 Å². The summed E-state index contributed by atoms with van der Waals surface area (Å²) >= 11 is 0. The van der Waals surface area contributed by atoms with Crippen molar-refractivity contribution < 1.29 is 13.6 Å². The van der Waals surface area contributed by atoms with Gasteiger partial charge >= 0.3 is 0 Å². The molecule has 0 fully saturated rings. The Morgan fingerprint density at radius 3 is 2.79 bits per heavy atom. The zero-order valence-electron chi connectivity index (χ0n) is 7.81. The van der Waals surface area contributed by atoms with Gasteiger partial charge < -0.3 is 5.32 Å². The molecule has 0 atom stereocenters. The molecule has 0 aliphatic carbocycles. The maximum Gasteiger partial charge on any atom is 0.251 e. The fourth-order valence-electron chi connectivity index (χ4n) is 0.997. The molecule has 0 aliphatic heterocycles. The van der Waals surface area contributed by atoms with Crippen molar-refractivity contribution in [3.63, 3.8) is 0 Å². The summed E-state index contributed by atoms with van der Waals surface area (Å²) in [6.07, 6.45) is 0. The van der Waals surface area contributed by atoms with Crippen LogP contribution in [0.1, 0.15) is 15.9 Å². The number of benzene rings is 1. The molecule has 14 heavy (non-hydrogen) atoms. The van der Waals surface area contributed by atoms with Gasteiger partial charge in [0, 0.05) is 12.1 Å². The van der Waals surface area contributed by atoms with Crippen molar-refractivity contribution in [2.75, 3.05) is 13.2 Å². The lowest BCUT2D eigenvalue weighted by Crippen LogP contribution is -2.25. The van der Waals surface area contributed by atoms with E-state index in [4.69, 9.17) is 0 Å². The number of hydrogen-bond acceptors (Lipinski definition) is 1. The van der Waals surface area contributed by atoms with Gasteiger partial charge in [0.25, 0.3) is 5.91 Å². The van der Waals surface area contributed by atoms with Gasteiger partial charge in [0.15, 0.2) is 0 Å². The van der Waals surface area contributed by atoms with Crippen LogP contribution in [0.4, 0.5) is 8.78 Å². The van der Waals surface area contributed by atoms with Crippen LogP contribution in [-0.4, -0.2) is 19.1 Å². The minimum Gasteiger partial charge on any atom is -0.349 e. The minimum absolute atomic E-state index is 0.0473. The first kappa shape index (κ1) is 10.6. The first-order valence-electron chi connectivity index (χ1n) is 4.25. The van der Waals surface area contributed by atoms with Crippen LogP contribution < -0.4 is 5.32 Å².